The minimum absolute atomic E-state index is 0.260. The fourth-order valence-corrected chi connectivity index (χ4v) is 3.24. The molecule has 128 valence electrons. The zero-order chi connectivity index (χ0) is 17.8. The summed E-state index contributed by atoms with van der Waals surface area (Å²) in [6, 6.07) is 11.5. The molecule has 1 aromatic heterocycles. The van der Waals surface area contributed by atoms with E-state index in [2.05, 4.69) is 14.9 Å². The summed E-state index contributed by atoms with van der Waals surface area (Å²) >= 11 is 0. The van der Waals surface area contributed by atoms with Crippen molar-refractivity contribution in [2.75, 3.05) is 7.05 Å². The third-order valence-electron chi connectivity index (χ3n) is 4.53. The van der Waals surface area contributed by atoms with Gasteiger partial charge in [-0.1, -0.05) is 36.8 Å². The Kier molecular flexibility index (Phi) is 4.94. The number of fused-ring (bicyclic) bond motifs is 1. The molecule has 25 heavy (non-hydrogen) atoms. The summed E-state index contributed by atoms with van der Waals surface area (Å²) in [5.41, 5.74) is 2.03. The molecule has 0 saturated carbocycles. The Labute approximate surface area is 146 Å². The highest BCUT2D eigenvalue weighted by atomic mass is 16.2. The Morgan fingerprint density at radius 2 is 2.00 bits per heavy atom. The second-order valence-electron chi connectivity index (χ2n) is 6.10. The van der Waals surface area contributed by atoms with Crippen LogP contribution in [-0.2, 0) is 17.8 Å². The second kappa shape index (κ2) is 7.31. The fraction of sp³-hybridized carbons (Fsp3) is 0.368. The van der Waals surface area contributed by atoms with E-state index in [1.54, 1.807) is 0 Å². The summed E-state index contributed by atoms with van der Waals surface area (Å²) in [4.78, 5) is 29.3. The molecule has 1 amide bonds. The van der Waals surface area contributed by atoms with Gasteiger partial charge in [0.25, 0.3) is 0 Å². The van der Waals surface area contributed by atoms with E-state index in [1.807, 2.05) is 36.4 Å². The van der Waals surface area contributed by atoms with Crippen molar-refractivity contribution in [3.8, 4) is 17.5 Å². The SMILES string of the molecule is CNC(=O)C(C#N)C(=O)c1nc(-c2ccccc2)n2c1CCCCC2. The number of ketones is 1. The topological polar surface area (TPSA) is 87.8 Å². The summed E-state index contributed by atoms with van der Waals surface area (Å²) in [6.45, 7) is 0.789. The number of aromatic nitrogens is 2. The van der Waals surface area contributed by atoms with Crippen molar-refractivity contribution in [2.45, 2.75) is 32.2 Å². The standard InChI is InChI=1S/C19H20N4O2/c1-21-19(25)14(12-20)17(24)16-15-10-6-3-7-11-23(15)18(22-16)13-8-4-2-5-9-13/h2,4-5,8-9,14H,3,6-7,10-11H2,1H3,(H,21,25). The first-order valence-electron chi connectivity index (χ1n) is 8.47. The van der Waals surface area contributed by atoms with Crippen LogP contribution in [0.1, 0.15) is 35.4 Å². The zero-order valence-electron chi connectivity index (χ0n) is 14.2. The van der Waals surface area contributed by atoms with Gasteiger partial charge in [-0.25, -0.2) is 4.98 Å². The number of Topliss-reactive ketones (excluding diaryl/α,β-unsaturated/α-hetero) is 1. The van der Waals surface area contributed by atoms with Crippen molar-refractivity contribution < 1.29 is 9.59 Å². The van der Waals surface area contributed by atoms with Gasteiger partial charge >= 0.3 is 0 Å². The minimum Gasteiger partial charge on any atom is -0.358 e. The van der Waals surface area contributed by atoms with Crippen molar-refractivity contribution in [3.63, 3.8) is 0 Å². The molecule has 1 N–H and O–H groups in total. The summed E-state index contributed by atoms with van der Waals surface area (Å²) in [6.07, 6.45) is 3.80. The predicted molar refractivity (Wildman–Crippen MR) is 92.7 cm³/mol. The first kappa shape index (κ1) is 16.9. The molecular formula is C19H20N4O2. The van der Waals surface area contributed by atoms with E-state index in [0.717, 1.165) is 49.3 Å². The third-order valence-corrected chi connectivity index (χ3v) is 4.53. The number of carbonyl (C=O) groups excluding carboxylic acids is 2. The van der Waals surface area contributed by atoms with Gasteiger partial charge in [0, 0.05) is 24.8 Å². The van der Waals surface area contributed by atoms with Crippen LogP contribution in [-0.4, -0.2) is 28.3 Å². The average molecular weight is 336 g/mol. The van der Waals surface area contributed by atoms with E-state index in [0.29, 0.717) is 0 Å². The molecule has 0 aliphatic carbocycles. The maximum absolute atomic E-state index is 12.8. The minimum atomic E-state index is -1.36. The van der Waals surface area contributed by atoms with Crippen LogP contribution < -0.4 is 5.32 Å². The number of nitriles is 1. The number of nitrogens with zero attached hydrogens (tertiary/aromatic N) is 3. The predicted octanol–water partition coefficient (Wildman–Crippen LogP) is 2.34. The van der Waals surface area contributed by atoms with Crippen LogP contribution in [0.5, 0.6) is 0 Å². The Morgan fingerprint density at radius 1 is 1.24 bits per heavy atom. The number of amides is 1. The van der Waals surface area contributed by atoms with Gasteiger partial charge in [0.05, 0.1) is 6.07 Å². The monoisotopic (exact) mass is 336 g/mol. The summed E-state index contributed by atoms with van der Waals surface area (Å²) in [5.74, 6) is -1.75. The van der Waals surface area contributed by atoms with Gasteiger partial charge in [-0.3, -0.25) is 9.59 Å². The average Bonchev–Trinajstić information content (AvgIpc) is 2.83. The molecule has 1 aliphatic heterocycles. The van der Waals surface area contributed by atoms with Crippen LogP contribution in [0.2, 0.25) is 0 Å². The quantitative estimate of drug-likeness (QED) is 0.686. The van der Waals surface area contributed by atoms with Gasteiger partial charge in [-0.2, -0.15) is 5.26 Å². The zero-order valence-corrected chi connectivity index (χ0v) is 14.2. The maximum atomic E-state index is 12.8. The molecule has 6 heteroatoms. The molecule has 1 aliphatic rings. The van der Waals surface area contributed by atoms with E-state index in [-0.39, 0.29) is 5.69 Å². The van der Waals surface area contributed by atoms with Crippen LogP contribution in [0.25, 0.3) is 11.4 Å². The van der Waals surface area contributed by atoms with Gasteiger partial charge in [-0.05, 0) is 19.3 Å². The van der Waals surface area contributed by atoms with Gasteiger partial charge in [-0.15, -0.1) is 0 Å². The highest BCUT2D eigenvalue weighted by Gasteiger charge is 2.32. The van der Waals surface area contributed by atoms with Gasteiger partial charge < -0.3 is 9.88 Å². The largest absolute Gasteiger partial charge is 0.358 e. The van der Waals surface area contributed by atoms with E-state index < -0.39 is 17.6 Å². The smallest absolute Gasteiger partial charge is 0.245 e. The Morgan fingerprint density at radius 3 is 2.68 bits per heavy atom. The molecule has 0 spiro atoms. The van der Waals surface area contributed by atoms with Gasteiger partial charge in [0.1, 0.15) is 11.5 Å². The maximum Gasteiger partial charge on any atom is 0.245 e. The molecule has 1 aromatic carbocycles. The summed E-state index contributed by atoms with van der Waals surface area (Å²) in [7, 11) is 1.42. The second-order valence-corrected chi connectivity index (χ2v) is 6.10. The lowest BCUT2D eigenvalue weighted by Crippen LogP contribution is -2.32. The van der Waals surface area contributed by atoms with Gasteiger partial charge in [0.15, 0.2) is 5.92 Å². The Bertz CT molecular complexity index is 833. The van der Waals surface area contributed by atoms with E-state index in [1.165, 1.54) is 7.05 Å². The number of nitrogens with one attached hydrogen (secondary N) is 1. The molecule has 1 atom stereocenters. The van der Waals surface area contributed by atoms with Crippen LogP contribution in [0.15, 0.2) is 30.3 Å². The normalized spacial score (nSPS) is 14.7. The molecule has 0 radical (unpaired) electrons. The molecule has 2 aromatic rings. The van der Waals surface area contributed by atoms with Crippen molar-refractivity contribution >= 4 is 11.7 Å². The lowest BCUT2D eigenvalue weighted by atomic mass is 10.00. The first-order chi connectivity index (χ1) is 12.2. The highest BCUT2D eigenvalue weighted by molar-refractivity contribution is 6.12. The van der Waals surface area contributed by atoms with Gasteiger partial charge in [0.2, 0.25) is 11.7 Å². The molecule has 3 rings (SSSR count). The molecule has 0 bridgehead atoms. The number of benzene rings is 1. The van der Waals surface area contributed by atoms with Crippen LogP contribution in [0, 0.1) is 17.2 Å². The Balaban J connectivity index is 2.11. The molecular weight excluding hydrogens is 316 g/mol. The molecule has 6 nitrogen and oxygen atoms in total. The molecule has 1 unspecified atom stereocenters. The van der Waals surface area contributed by atoms with Crippen molar-refractivity contribution in [2.24, 2.45) is 5.92 Å². The molecule has 2 heterocycles. The summed E-state index contributed by atoms with van der Waals surface area (Å²) in [5, 5.41) is 11.7. The fourth-order valence-electron chi connectivity index (χ4n) is 3.24. The number of carbonyl (C=O) groups is 2. The third kappa shape index (κ3) is 3.18. The van der Waals surface area contributed by atoms with Crippen LogP contribution in [0.4, 0.5) is 0 Å². The lowest BCUT2D eigenvalue weighted by Gasteiger charge is -2.09. The molecule has 0 fully saturated rings. The van der Waals surface area contributed by atoms with Crippen LogP contribution >= 0.6 is 0 Å². The van der Waals surface area contributed by atoms with E-state index in [4.69, 9.17) is 0 Å². The lowest BCUT2D eigenvalue weighted by molar-refractivity contribution is -0.121. The number of hydrogen-bond donors (Lipinski definition) is 1. The van der Waals surface area contributed by atoms with E-state index >= 15 is 0 Å². The van der Waals surface area contributed by atoms with Crippen molar-refractivity contribution in [1.29, 1.82) is 5.26 Å². The number of rotatable bonds is 4. The van der Waals surface area contributed by atoms with Crippen molar-refractivity contribution in [3.05, 3.63) is 41.7 Å². The number of imidazole rings is 1. The molecule has 0 saturated heterocycles. The highest BCUT2D eigenvalue weighted by Crippen LogP contribution is 2.28. The summed E-state index contributed by atoms with van der Waals surface area (Å²) < 4.78 is 2.08. The van der Waals surface area contributed by atoms with E-state index in [9.17, 15) is 14.9 Å². The van der Waals surface area contributed by atoms with Crippen LogP contribution in [0.3, 0.4) is 0 Å². The van der Waals surface area contributed by atoms with Crippen molar-refractivity contribution in [1.82, 2.24) is 14.9 Å². The Hall–Kier alpha value is -2.94. The first-order valence-corrected chi connectivity index (χ1v) is 8.47. The number of hydrogen-bond acceptors (Lipinski definition) is 4.